The highest BCUT2D eigenvalue weighted by molar-refractivity contribution is 6.04. The highest BCUT2D eigenvalue weighted by Crippen LogP contribution is 2.21. The monoisotopic (exact) mass is 442 g/mol. The number of rotatable bonds is 8. The predicted molar refractivity (Wildman–Crippen MR) is 119 cm³/mol. The van der Waals surface area contributed by atoms with Crippen molar-refractivity contribution in [2.45, 2.75) is 53.7 Å². The Morgan fingerprint density at radius 2 is 1.69 bits per heavy atom. The lowest BCUT2D eigenvalue weighted by atomic mass is 10.0. The molecule has 1 heterocycles. The highest BCUT2D eigenvalue weighted by atomic mass is 16.5. The van der Waals surface area contributed by atoms with Gasteiger partial charge in [0.1, 0.15) is 6.04 Å². The first kappa shape index (κ1) is 24.8. The lowest BCUT2D eigenvalue weighted by Gasteiger charge is -2.23. The molecular formula is C24H30N2O6. The van der Waals surface area contributed by atoms with E-state index < -0.39 is 35.8 Å². The molecule has 0 bridgehead atoms. The molecular weight excluding hydrogens is 412 g/mol. The number of hydrogen-bond acceptors (Lipinski definition) is 6. The van der Waals surface area contributed by atoms with Gasteiger partial charge in [-0.25, -0.2) is 9.59 Å². The molecule has 1 unspecified atom stereocenters. The second-order valence-electron chi connectivity index (χ2n) is 8.12. The van der Waals surface area contributed by atoms with E-state index in [4.69, 9.17) is 9.47 Å². The minimum Gasteiger partial charge on any atom is -0.465 e. The van der Waals surface area contributed by atoms with E-state index in [1.165, 1.54) is 14.0 Å². The van der Waals surface area contributed by atoms with Crippen LogP contribution in [0, 0.1) is 26.7 Å². The number of ketones is 1. The van der Waals surface area contributed by atoms with Crippen LogP contribution in [0.25, 0.3) is 0 Å². The minimum atomic E-state index is -1.12. The number of carbonyl (C=O) groups excluding carboxylic acids is 4. The molecule has 1 aromatic heterocycles. The van der Waals surface area contributed by atoms with E-state index in [0.717, 1.165) is 5.56 Å². The normalized spacial score (nSPS) is 12.8. The van der Waals surface area contributed by atoms with Gasteiger partial charge in [0.2, 0.25) is 5.78 Å². The molecule has 8 nitrogen and oxygen atoms in total. The van der Waals surface area contributed by atoms with Gasteiger partial charge in [0.25, 0.3) is 5.91 Å². The maximum Gasteiger partial charge on any atom is 0.339 e. The molecule has 2 atom stereocenters. The maximum atomic E-state index is 12.9. The number of nitrogens with one attached hydrogen (secondary N) is 2. The third-order valence-electron chi connectivity index (χ3n) is 5.22. The summed E-state index contributed by atoms with van der Waals surface area (Å²) < 4.78 is 10.2. The van der Waals surface area contributed by atoms with Gasteiger partial charge in [0.15, 0.2) is 6.10 Å². The van der Waals surface area contributed by atoms with Gasteiger partial charge < -0.3 is 19.8 Å². The number of amides is 1. The molecule has 0 fully saturated rings. The number of aromatic amines is 1. The smallest absolute Gasteiger partial charge is 0.339 e. The molecule has 1 aromatic carbocycles. The first-order chi connectivity index (χ1) is 15.0. The van der Waals surface area contributed by atoms with Crippen molar-refractivity contribution in [3.05, 3.63) is 57.9 Å². The molecule has 32 heavy (non-hydrogen) atoms. The molecule has 2 aromatic rings. The van der Waals surface area contributed by atoms with Crippen LogP contribution < -0.4 is 5.32 Å². The minimum absolute atomic E-state index is 0.174. The van der Waals surface area contributed by atoms with Crippen molar-refractivity contribution in [1.82, 2.24) is 10.3 Å². The van der Waals surface area contributed by atoms with Crippen LogP contribution in [0.3, 0.4) is 0 Å². The zero-order chi connectivity index (χ0) is 24.2. The van der Waals surface area contributed by atoms with Crippen LogP contribution in [0.5, 0.6) is 0 Å². The molecule has 2 N–H and O–H groups in total. The van der Waals surface area contributed by atoms with Gasteiger partial charge in [0, 0.05) is 11.3 Å². The van der Waals surface area contributed by atoms with Crippen LogP contribution >= 0.6 is 0 Å². The Kier molecular flexibility index (Phi) is 7.97. The Morgan fingerprint density at radius 1 is 1.03 bits per heavy atom. The van der Waals surface area contributed by atoms with Gasteiger partial charge in [0.05, 0.1) is 18.4 Å². The fourth-order valence-electron chi connectivity index (χ4n) is 3.42. The Bertz CT molecular complexity index is 1040. The third-order valence-corrected chi connectivity index (χ3v) is 5.22. The van der Waals surface area contributed by atoms with Crippen LogP contribution in [-0.4, -0.2) is 47.9 Å². The van der Waals surface area contributed by atoms with Crippen molar-refractivity contribution in [3.63, 3.8) is 0 Å². The van der Waals surface area contributed by atoms with E-state index in [-0.39, 0.29) is 17.2 Å². The van der Waals surface area contributed by atoms with Gasteiger partial charge in [-0.15, -0.1) is 0 Å². The number of Topliss-reactive ketones (excluding diaryl/α,β-unsaturated/α-hetero) is 1. The largest absolute Gasteiger partial charge is 0.465 e. The third kappa shape index (κ3) is 5.43. The zero-order valence-corrected chi connectivity index (χ0v) is 19.5. The van der Waals surface area contributed by atoms with Gasteiger partial charge >= 0.3 is 11.9 Å². The summed E-state index contributed by atoms with van der Waals surface area (Å²) in [5.41, 5.74) is 2.72. The number of hydrogen-bond donors (Lipinski definition) is 2. The number of methoxy groups -OCH3 is 1. The van der Waals surface area contributed by atoms with Crippen LogP contribution in [0.4, 0.5) is 0 Å². The van der Waals surface area contributed by atoms with Gasteiger partial charge in [-0.1, -0.05) is 31.5 Å². The summed E-state index contributed by atoms with van der Waals surface area (Å²) in [6.07, 6.45) is -1.12. The van der Waals surface area contributed by atoms with E-state index >= 15 is 0 Å². The molecule has 0 aliphatic heterocycles. The number of carbonyl (C=O) groups is 4. The fraction of sp³-hybridized carbons (Fsp3) is 0.417. The van der Waals surface area contributed by atoms with Crippen LogP contribution in [0.15, 0.2) is 24.3 Å². The Balaban J connectivity index is 2.16. The van der Waals surface area contributed by atoms with Gasteiger partial charge in [-0.2, -0.15) is 0 Å². The maximum absolute atomic E-state index is 12.9. The Morgan fingerprint density at radius 3 is 2.25 bits per heavy atom. The van der Waals surface area contributed by atoms with Crippen molar-refractivity contribution >= 4 is 23.6 Å². The van der Waals surface area contributed by atoms with E-state index in [2.05, 4.69) is 10.3 Å². The second kappa shape index (κ2) is 10.3. The molecule has 0 saturated carbocycles. The van der Waals surface area contributed by atoms with E-state index in [0.29, 0.717) is 16.8 Å². The molecule has 1 amide bonds. The van der Waals surface area contributed by atoms with E-state index in [1.807, 2.05) is 13.0 Å². The number of H-pyrrole nitrogens is 1. The van der Waals surface area contributed by atoms with Crippen molar-refractivity contribution in [2.75, 3.05) is 7.11 Å². The zero-order valence-electron chi connectivity index (χ0n) is 19.5. The van der Waals surface area contributed by atoms with Crippen molar-refractivity contribution in [3.8, 4) is 0 Å². The van der Waals surface area contributed by atoms with Crippen molar-refractivity contribution < 1.29 is 28.7 Å². The molecule has 0 saturated heterocycles. The summed E-state index contributed by atoms with van der Waals surface area (Å²) in [7, 11) is 1.26. The number of aryl methyl sites for hydroxylation is 2. The summed E-state index contributed by atoms with van der Waals surface area (Å²) in [5.74, 6) is -2.42. The van der Waals surface area contributed by atoms with Gasteiger partial charge in [-0.3, -0.25) is 9.59 Å². The molecule has 0 spiro atoms. The lowest BCUT2D eigenvalue weighted by molar-refractivity contribution is -0.149. The number of esters is 2. The second-order valence-corrected chi connectivity index (χ2v) is 8.12. The van der Waals surface area contributed by atoms with Crippen LogP contribution in [0.2, 0.25) is 0 Å². The van der Waals surface area contributed by atoms with E-state index in [9.17, 15) is 19.2 Å². The summed E-state index contributed by atoms with van der Waals surface area (Å²) in [6, 6.07) is 6.08. The SMILES string of the molecule is COC(=O)c1c(C)[nH]c(C(=O)C(C)OC(=O)[C@@H](NC(=O)c2cccc(C)c2)C(C)C)c1C. The summed E-state index contributed by atoms with van der Waals surface area (Å²) in [6.45, 7) is 10.1. The van der Waals surface area contributed by atoms with Crippen LogP contribution in [-0.2, 0) is 14.3 Å². The average molecular weight is 443 g/mol. The molecule has 0 aliphatic carbocycles. The van der Waals surface area contributed by atoms with E-state index in [1.54, 1.807) is 45.9 Å². The summed E-state index contributed by atoms with van der Waals surface area (Å²) in [5, 5.41) is 2.70. The number of ether oxygens (including phenoxy) is 2. The average Bonchev–Trinajstić information content (AvgIpc) is 3.04. The molecule has 8 heteroatoms. The van der Waals surface area contributed by atoms with Crippen molar-refractivity contribution in [1.29, 1.82) is 0 Å². The molecule has 0 radical (unpaired) electrons. The first-order valence-electron chi connectivity index (χ1n) is 10.4. The quantitative estimate of drug-likeness (QED) is 0.479. The van der Waals surface area contributed by atoms with Gasteiger partial charge in [-0.05, 0) is 51.3 Å². The summed E-state index contributed by atoms with van der Waals surface area (Å²) >= 11 is 0. The van der Waals surface area contributed by atoms with Crippen LogP contribution in [0.1, 0.15) is 68.8 Å². The topological polar surface area (TPSA) is 115 Å². The standard InChI is InChI=1S/C24H30N2O6/c1-12(2)19(26-22(28)17-10-8-9-13(3)11-17)24(30)32-16(6)21(27)20-14(4)18(15(5)25-20)23(29)31-7/h8-12,16,19,25H,1-7H3,(H,26,28)/t16?,19-/m0/s1. The van der Waals surface area contributed by atoms with Crippen molar-refractivity contribution in [2.24, 2.45) is 5.92 Å². The number of benzene rings is 1. The lowest BCUT2D eigenvalue weighted by Crippen LogP contribution is -2.46. The number of aromatic nitrogens is 1. The molecule has 0 aliphatic rings. The molecule has 172 valence electrons. The Hall–Kier alpha value is -3.42. The highest BCUT2D eigenvalue weighted by Gasteiger charge is 2.31. The Labute approximate surface area is 187 Å². The molecule has 2 rings (SSSR count). The summed E-state index contributed by atoms with van der Waals surface area (Å²) in [4.78, 5) is 53.2. The predicted octanol–water partition coefficient (Wildman–Crippen LogP) is 3.30. The first-order valence-corrected chi connectivity index (χ1v) is 10.4. The fourth-order valence-corrected chi connectivity index (χ4v) is 3.42.